The van der Waals surface area contributed by atoms with Gasteiger partial charge in [0.25, 0.3) is 0 Å². The lowest BCUT2D eigenvalue weighted by atomic mass is 10.2. The van der Waals surface area contributed by atoms with Crippen molar-refractivity contribution in [1.29, 1.82) is 5.26 Å². The third-order valence-electron chi connectivity index (χ3n) is 3.65. The van der Waals surface area contributed by atoms with Crippen molar-refractivity contribution >= 4 is 22.5 Å². The molecule has 23 heavy (non-hydrogen) atoms. The highest BCUT2D eigenvalue weighted by molar-refractivity contribution is 5.90. The van der Waals surface area contributed by atoms with Crippen molar-refractivity contribution < 1.29 is 4.79 Å². The SMILES string of the molecule is Cc1ccc2c(cnn2CCC(=O)Nc2ccc(C#N)cc2)c1. The van der Waals surface area contributed by atoms with Crippen molar-refractivity contribution in [2.75, 3.05) is 5.32 Å². The first-order valence-electron chi connectivity index (χ1n) is 7.38. The molecule has 5 heteroatoms. The van der Waals surface area contributed by atoms with E-state index >= 15 is 0 Å². The lowest BCUT2D eigenvalue weighted by Crippen LogP contribution is -2.14. The normalized spacial score (nSPS) is 10.4. The molecule has 0 unspecified atom stereocenters. The Labute approximate surface area is 134 Å². The van der Waals surface area contributed by atoms with Gasteiger partial charge in [-0.05, 0) is 43.3 Å². The Hall–Kier alpha value is -3.13. The molecule has 0 bridgehead atoms. The fraction of sp³-hybridized carbons (Fsp3) is 0.167. The zero-order valence-electron chi connectivity index (χ0n) is 12.8. The quantitative estimate of drug-likeness (QED) is 0.804. The number of carbonyl (C=O) groups is 1. The molecule has 3 rings (SSSR count). The number of nitrogens with zero attached hydrogens (tertiary/aromatic N) is 3. The van der Waals surface area contributed by atoms with Crippen molar-refractivity contribution in [3.8, 4) is 6.07 Å². The van der Waals surface area contributed by atoms with Crippen LogP contribution in [-0.4, -0.2) is 15.7 Å². The molecule has 1 N–H and O–H groups in total. The zero-order chi connectivity index (χ0) is 16.2. The van der Waals surface area contributed by atoms with Crippen LogP contribution in [0, 0.1) is 18.3 Å². The summed E-state index contributed by atoms with van der Waals surface area (Å²) >= 11 is 0. The van der Waals surface area contributed by atoms with Crippen molar-refractivity contribution in [1.82, 2.24) is 9.78 Å². The molecule has 0 spiro atoms. The van der Waals surface area contributed by atoms with Crippen LogP contribution in [0.2, 0.25) is 0 Å². The first kappa shape index (κ1) is 14.8. The van der Waals surface area contributed by atoms with Crippen LogP contribution in [0.3, 0.4) is 0 Å². The molecule has 0 saturated carbocycles. The van der Waals surface area contributed by atoms with Gasteiger partial charge in [-0.3, -0.25) is 9.48 Å². The maximum atomic E-state index is 12.0. The summed E-state index contributed by atoms with van der Waals surface area (Å²) in [6, 6.07) is 15.0. The van der Waals surface area contributed by atoms with E-state index in [9.17, 15) is 4.79 Å². The number of fused-ring (bicyclic) bond motifs is 1. The Balaban J connectivity index is 1.62. The Bertz CT molecular complexity index is 888. The summed E-state index contributed by atoms with van der Waals surface area (Å²) in [6.07, 6.45) is 2.16. The minimum Gasteiger partial charge on any atom is -0.326 e. The minimum absolute atomic E-state index is 0.0783. The maximum absolute atomic E-state index is 12.0. The lowest BCUT2D eigenvalue weighted by Gasteiger charge is -2.06. The smallest absolute Gasteiger partial charge is 0.226 e. The summed E-state index contributed by atoms with van der Waals surface area (Å²) in [7, 11) is 0. The second-order valence-electron chi connectivity index (χ2n) is 5.42. The Morgan fingerprint density at radius 2 is 2.04 bits per heavy atom. The fourth-order valence-corrected chi connectivity index (χ4v) is 2.44. The van der Waals surface area contributed by atoms with Crippen LogP contribution in [0.1, 0.15) is 17.5 Å². The van der Waals surface area contributed by atoms with Crippen LogP contribution in [0.15, 0.2) is 48.7 Å². The van der Waals surface area contributed by atoms with Gasteiger partial charge in [0, 0.05) is 17.5 Å². The van der Waals surface area contributed by atoms with E-state index in [0.717, 1.165) is 10.9 Å². The molecular weight excluding hydrogens is 288 g/mol. The second-order valence-corrected chi connectivity index (χ2v) is 5.42. The molecule has 0 fully saturated rings. The maximum Gasteiger partial charge on any atom is 0.226 e. The standard InChI is InChI=1S/C18H16N4O/c1-13-2-7-17-15(10-13)12-20-22(17)9-8-18(23)21-16-5-3-14(11-19)4-6-16/h2-7,10,12H,8-9H2,1H3,(H,21,23). The average molecular weight is 304 g/mol. The number of rotatable bonds is 4. The molecule has 0 aliphatic rings. The number of benzene rings is 2. The molecule has 2 aromatic carbocycles. The third-order valence-corrected chi connectivity index (χ3v) is 3.65. The number of nitriles is 1. The van der Waals surface area contributed by atoms with Crippen molar-refractivity contribution in [2.24, 2.45) is 0 Å². The predicted octanol–water partition coefficient (Wildman–Crippen LogP) is 3.25. The number of aryl methyl sites for hydroxylation is 2. The van der Waals surface area contributed by atoms with E-state index in [1.54, 1.807) is 24.3 Å². The van der Waals surface area contributed by atoms with Gasteiger partial charge < -0.3 is 5.32 Å². The molecule has 3 aromatic rings. The van der Waals surface area contributed by atoms with E-state index < -0.39 is 0 Å². The van der Waals surface area contributed by atoms with Crippen molar-refractivity contribution in [3.05, 3.63) is 59.8 Å². The van der Waals surface area contributed by atoms with Gasteiger partial charge in [-0.1, -0.05) is 11.6 Å². The second kappa shape index (κ2) is 6.32. The van der Waals surface area contributed by atoms with Crippen LogP contribution in [-0.2, 0) is 11.3 Å². The Morgan fingerprint density at radius 3 is 2.78 bits per heavy atom. The summed E-state index contributed by atoms with van der Waals surface area (Å²) in [5.41, 5.74) is 3.48. The number of amides is 1. The fourth-order valence-electron chi connectivity index (χ4n) is 2.44. The van der Waals surface area contributed by atoms with Gasteiger partial charge in [-0.25, -0.2) is 0 Å². The van der Waals surface area contributed by atoms with Gasteiger partial charge in [-0.2, -0.15) is 10.4 Å². The Morgan fingerprint density at radius 1 is 1.26 bits per heavy atom. The summed E-state index contributed by atoms with van der Waals surface area (Å²) in [4.78, 5) is 12.0. The first-order chi connectivity index (χ1) is 11.2. The van der Waals surface area contributed by atoms with Gasteiger partial charge in [0.2, 0.25) is 5.91 Å². The topological polar surface area (TPSA) is 70.7 Å². The summed E-state index contributed by atoms with van der Waals surface area (Å²) in [5.74, 6) is -0.0783. The molecule has 0 aliphatic carbocycles. The average Bonchev–Trinajstić information content (AvgIpc) is 2.95. The van der Waals surface area contributed by atoms with Gasteiger partial charge in [0.1, 0.15) is 0 Å². The number of anilines is 1. The summed E-state index contributed by atoms with van der Waals surface area (Å²) in [6.45, 7) is 2.57. The van der Waals surface area contributed by atoms with E-state index in [1.807, 2.05) is 36.0 Å². The number of hydrogen-bond donors (Lipinski definition) is 1. The zero-order valence-corrected chi connectivity index (χ0v) is 12.8. The van der Waals surface area contributed by atoms with Crippen LogP contribution >= 0.6 is 0 Å². The van der Waals surface area contributed by atoms with E-state index in [1.165, 1.54) is 5.56 Å². The summed E-state index contributed by atoms with van der Waals surface area (Å²) in [5, 5.41) is 17.0. The highest BCUT2D eigenvalue weighted by Crippen LogP contribution is 2.16. The van der Waals surface area contributed by atoms with Gasteiger partial charge in [0.15, 0.2) is 0 Å². The molecule has 0 saturated heterocycles. The van der Waals surface area contributed by atoms with Gasteiger partial charge >= 0.3 is 0 Å². The molecule has 1 amide bonds. The van der Waals surface area contributed by atoms with Crippen molar-refractivity contribution in [2.45, 2.75) is 19.9 Å². The van der Waals surface area contributed by atoms with Crippen LogP contribution < -0.4 is 5.32 Å². The third kappa shape index (κ3) is 3.38. The van der Waals surface area contributed by atoms with E-state index in [2.05, 4.69) is 16.5 Å². The molecule has 5 nitrogen and oxygen atoms in total. The van der Waals surface area contributed by atoms with Crippen molar-refractivity contribution in [3.63, 3.8) is 0 Å². The largest absolute Gasteiger partial charge is 0.326 e. The molecule has 114 valence electrons. The number of hydrogen-bond acceptors (Lipinski definition) is 3. The van der Waals surface area contributed by atoms with E-state index in [-0.39, 0.29) is 5.91 Å². The van der Waals surface area contributed by atoms with Crippen LogP contribution in [0.4, 0.5) is 5.69 Å². The number of nitrogens with one attached hydrogen (secondary N) is 1. The lowest BCUT2D eigenvalue weighted by molar-refractivity contribution is -0.116. The predicted molar refractivity (Wildman–Crippen MR) is 88.9 cm³/mol. The minimum atomic E-state index is -0.0783. The molecule has 0 aliphatic heterocycles. The Kier molecular flexibility index (Phi) is 4.07. The highest BCUT2D eigenvalue weighted by Gasteiger charge is 2.06. The van der Waals surface area contributed by atoms with Gasteiger partial charge in [0.05, 0.1) is 29.9 Å². The molecular formula is C18H16N4O. The molecule has 0 atom stereocenters. The van der Waals surface area contributed by atoms with Crippen LogP contribution in [0.5, 0.6) is 0 Å². The summed E-state index contributed by atoms with van der Waals surface area (Å²) < 4.78 is 1.84. The first-order valence-corrected chi connectivity index (χ1v) is 7.38. The molecule has 1 heterocycles. The van der Waals surface area contributed by atoms with E-state index in [0.29, 0.717) is 24.2 Å². The van der Waals surface area contributed by atoms with Gasteiger partial charge in [-0.15, -0.1) is 0 Å². The number of aromatic nitrogens is 2. The number of carbonyl (C=O) groups excluding carboxylic acids is 1. The van der Waals surface area contributed by atoms with E-state index in [4.69, 9.17) is 5.26 Å². The van der Waals surface area contributed by atoms with Crippen LogP contribution in [0.25, 0.3) is 10.9 Å². The molecule has 1 aromatic heterocycles. The monoisotopic (exact) mass is 304 g/mol. The highest BCUT2D eigenvalue weighted by atomic mass is 16.1. The molecule has 0 radical (unpaired) electrons.